The molecule has 1 aromatic rings. The van der Waals surface area contributed by atoms with Gasteiger partial charge in [0.05, 0.1) is 17.0 Å². The Morgan fingerprint density at radius 1 is 1.59 bits per heavy atom. The molecule has 0 spiro atoms. The minimum Gasteiger partial charge on any atom is -0.350 e. The molecular formula is C12H12BrFN2O. The van der Waals surface area contributed by atoms with Gasteiger partial charge in [-0.1, -0.05) is 15.9 Å². The molecule has 0 aliphatic rings. The lowest BCUT2D eigenvalue weighted by atomic mass is 9.96. The average Bonchev–Trinajstić information content (AvgIpc) is 2.26. The zero-order chi connectivity index (χ0) is 13.1. The maximum absolute atomic E-state index is 13.4. The molecular weight excluding hydrogens is 287 g/mol. The van der Waals surface area contributed by atoms with Crippen molar-refractivity contribution in [2.24, 2.45) is 5.41 Å². The summed E-state index contributed by atoms with van der Waals surface area (Å²) in [4.78, 5) is 11.7. The zero-order valence-corrected chi connectivity index (χ0v) is 11.1. The Kier molecular flexibility index (Phi) is 4.24. The van der Waals surface area contributed by atoms with Gasteiger partial charge in [-0.25, -0.2) is 4.39 Å². The molecule has 3 nitrogen and oxygen atoms in total. The highest BCUT2D eigenvalue weighted by atomic mass is 79.9. The van der Waals surface area contributed by atoms with Gasteiger partial charge in [0, 0.05) is 11.0 Å². The van der Waals surface area contributed by atoms with E-state index in [0.717, 1.165) is 0 Å². The molecule has 0 heterocycles. The topological polar surface area (TPSA) is 52.9 Å². The van der Waals surface area contributed by atoms with Crippen LogP contribution in [0.5, 0.6) is 0 Å². The van der Waals surface area contributed by atoms with Crippen LogP contribution in [-0.4, -0.2) is 12.5 Å². The third kappa shape index (κ3) is 3.82. The van der Waals surface area contributed by atoms with E-state index in [0.29, 0.717) is 4.47 Å². The first kappa shape index (κ1) is 13.7. The number of rotatable bonds is 3. The molecule has 1 rings (SSSR count). The molecule has 0 saturated carbocycles. The lowest BCUT2D eigenvalue weighted by Crippen LogP contribution is -2.33. The first-order valence-corrected chi connectivity index (χ1v) is 5.79. The van der Waals surface area contributed by atoms with Crippen LogP contribution in [0.15, 0.2) is 22.7 Å². The van der Waals surface area contributed by atoms with Crippen LogP contribution in [0.2, 0.25) is 0 Å². The maximum atomic E-state index is 13.4. The van der Waals surface area contributed by atoms with Crippen molar-refractivity contribution in [3.05, 3.63) is 34.1 Å². The van der Waals surface area contributed by atoms with Crippen molar-refractivity contribution in [2.45, 2.75) is 13.8 Å². The van der Waals surface area contributed by atoms with E-state index in [1.165, 1.54) is 12.1 Å². The van der Waals surface area contributed by atoms with Crippen LogP contribution in [-0.2, 0) is 0 Å². The molecule has 0 bridgehead atoms. The van der Waals surface area contributed by atoms with Crippen LogP contribution < -0.4 is 5.32 Å². The molecule has 0 unspecified atom stereocenters. The van der Waals surface area contributed by atoms with Crippen molar-refractivity contribution in [3.8, 4) is 6.07 Å². The highest BCUT2D eigenvalue weighted by Gasteiger charge is 2.19. The van der Waals surface area contributed by atoms with E-state index in [1.807, 2.05) is 0 Å². The van der Waals surface area contributed by atoms with Gasteiger partial charge in [0.15, 0.2) is 0 Å². The predicted molar refractivity (Wildman–Crippen MR) is 65.8 cm³/mol. The van der Waals surface area contributed by atoms with Crippen LogP contribution in [0.3, 0.4) is 0 Å². The molecule has 1 N–H and O–H groups in total. The quantitative estimate of drug-likeness (QED) is 0.933. The van der Waals surface area contributed by atoms with E-state index in [-0.39, 0.29) is 12.1 Å². The number of benzene rings is 1. The largest absolute Gasteiger partial charge is 0.350 e. The fraction of sp³-hybridized carbons (Fsp3) is 0.333. The van der Waals surface area contributed by atoms with Crippen LogP contribution in [0.1, 0.15) is 24.2 Å². The number of halogens is 2. The SMILES string of the molecule is CC(C)(C#N)CNC(=O)c1ccc(Br)cc1F. The van der Waals surface area contributed by atoms with Gasteiger partial charge in [-0.3, -0.25) is 4.79 Å². The first-order chi connectivity index (χ1) is 7.85. The maximum Gasteiger partial charge on any atom is 0.254 e. The number of nitriles is 1. The van der Waals surface area contributed by atoms with Gasteiger partial charge in [-0.05, 0) is 32.0 Å². The second-order valence-electron chi connectivity index (χ2n) is 4.30. The number of nitrogens with one attached hydrogen (secondary N) is 1. The first-order valence-electron chi connectivity index (χ1n) is 5.00. The van der Waals surface area contributed by atoms with E-state index in [9.17, 15) is 9.18 Å². The van der Waals surface area contributed by atoms with Gasteiger partial charge in [-0.2, -0.15) is 5.26 Å². The lowest BCUT2D eigenvalue weighted by Gasteiger charge is -2.15. The monoisotopic (exact) mass is 298 g/mol. The normalized spacial score (nSPS) is 10.8. The summed E-state index contributed by atoms with van der Waals surface area (Å²) in [5.41, 5.74) is -0.691. The third-order valence-corrected chi connectivity index (χ3v) is 2.66. The van der Waals surface area contributed by atoms with Gasteiger partial charge >= 0.3 is 0 Å². The molecule has 17 heavy (non-hydrogen) atoms. The number of carbonyl (C=O) groups excluding carboxylic acids is 1. The Morgan fingerprint density at radius 2 is 2.24 bits per heavy atom. The highest BCUT2D eigenvalue weighted by molar-refractivity contribution is 9.10. The summed E-state index contributed by atoms with van der Waals surface area (Å²) < 4.78 is 14.0. The number of hydrogen-bond acceptors (Lipinski definition) is 2. The van der Waals surface area contributed by atoms with Crippen molar-refractivity contribution in [2.75, 3.05) is 6.54 Å². The predicted octanol–water partition coefficient (Wildman–Crippen LogP) is 2.87. The van der Waals surface area contributed by atoms with E-state index in [2.05, 4.69) is 27.3 Å². The number of amides is 1. The molecule has 0 aliphatic carbocycles. The Labute approximate surface area is 108 Å². The minimum atomic E-state index is -0.665. The second-order valence-corrected chi connectivity index (χ2v) is 5.22. The van der Waals surface area contributed by atoms with Gasteiger partial charge in [0.2, 0.25) is 0 Å². The van der Waals surface area contributed by atoms with E-state index in [4.69, 9.17) is 5.26 Å². The van der Waals surface area contributed by atoms with Gasteiger partial charge in [-0.15, -0.1) is 0 Å². The van der Waals surface area contributed by atoms with Gasteiger partial charge in [0.25, 0.3) is 5.91 Å². The van der Waals surface area contributed by atoms with Gasteiger partial charge < -0.3 is 5.32 Å². The molecule has 90 valence electrons. The van der Waals surface area contributed by atoms with Crippen LogP contribution >= 0.6 is 15.9 Å². The molecule has 1 aromatic carbocycles. The van der Waals surface area contributed by atoms with Crippen molar-refractivity contribution >= 4 is 21.8 Å². The standard InChI is InChI=1S/C12H12BrFN2O/c1-12(2,6-15)7-16-11(17)9-4-3-8(13)5-10(9)14/h3-5H,7H2,1-2H3,(H,16,17). The fourth-order valence-electron chi connectivity index (χ4n) is 1.11. The molecule has 0 atom stereocenters. The Balaban J connectivity index is 2.75. The zero-order valence-electron chi connectivity index (χ0n) is 9.55. The number of hydrogen-bond donors (Lipinski definition) is 1. The lowest BCUT2D eigenvalue weighted by molar-refractivity contribution is 0.0939. The van der Waals surface area contributed by atoms with Gasteiger partial charge in [0.1, 0.15) is 5.82 Å². The summed E-state index contributed by atoms with van der Waals surface area (Å²) in [6, 6.07) is 6.27. The summed E-state index contributed by atoms with van der Waals surface area (Å²) in [6.07, 6.45) is 0. The third-order valence-electron chi connectivity index (χ3n) is 2.17. The van der Waals surface area contributed by atoms with Crippen LogP contribution in [0.25, 0.3) is 0 Å². The summed E-state index contributed by atoms with van der Waals surface area (Å²) >= 11 is 3.11. The van der Waals surface area contributed by atoms with Crippen LogP contribution in [0.4, 0.5) is 4.39 Å². The summed E-state index contributed by atoms with van der Waals surface area (Å²) in [5, 5.41) is 11.3. The smallest absolute Gasteiger partial charge is 0.254 e. The summed E-state index contributed by atoms with van der Waals surface area (Å²) in [5.74, 6) is -1.11. The number of carbonyl (C=O) groups is 1. The Bertz CT molecular complexity index is 480. The summed E-state index contributed by atoms with van der Waals surface area (Å²) in [7, 11) is 0. The summed E-state index contributed by atoms with van der Waals surface area (Å²) in [6.45, 7) is 3.58. The molecule has 0 fully saturated rings. The number of nitrogens with zero attached hydrogens (tertiary/aromatic N) is 1. The Morgan fingerprint density at radius 3 is 2.76 bits per heavy atom. The van der Waals surface area contributed by atoms with Crippen molar-refractivity contribution in [1.82, 2.24) is 5.32 Å². The molecule has 5 heteroatoms. The van der Waals surface area contributed by atoms with Crippen molar-refractivity contribution in [3.63, 3.8) is 0 Å². The highest BCUT2D eigenvalue weighted by Crippen LogP contribution is 2.16. The van der Waals surface area contributed by atoms with E-state index < -0.39 is 17.1 Å². The molecule has 1 amide bonds. The second kappa shape index (κ2) is 5.28. The van der Waals surface area contributed by atoms with E-state index >= 15 is 0 Å². The average molecular weight is 299 g/mol. The Hall–Kier alpha value is -1.41. The fourth-order valence-corrected chi connectivity index (χ4v) is 1.44. The molecule has 0 aliphatic heterocycles. The molecule has 0 saturated heterocycles. The molecule has 0 radical (unpaired) electrons. The van der Waals surface area contributed by atoms with Crippen LogP contribution in [0, 0.1) is 22.6 Å². The van der Waals surface area contributed by atoms with E-state index in [1.54, 1.807) is 19.9 Å². The van der Waals surface area contributed by atoms with Crippen molar-refractivity contribution < 1.29 is 9.18 Å². The van der Waals surface area contributed by atoms with Crippen molar-refractivity contribution in [1.29, 1.82) is 5.26 Å². The minimum absolute atomic E-state index is 0.0260. The molecule has 0 aromatic heterocycles.